The maximum Gasteiger partial charge on any atom is 0.326 e. The van der Waals surface area contributed by atoms with E-state index in [1.54, 1.807) is 30.1 Å². The van der Waals surface area contributed by atoms with E-state index >= 15 is 0 Å². The lowest BCUT2D eigenvalue weighted by Crippen LogP contribution is -2.50. The van der Waals surface area contributed by atoms with Crippen molar-refractivity contribution >= 4 is 29.1 Å². The summed E-state index contributed by atoms with van der Waals surface area (Å²) in [6.07, 6.45) is 0. The Morgan fingerprint density at radius 3 is 2.88 bits per heavy atom. The minimum atomic E-state index is -0.666. The third kappa shape index (κ3) is 3.97. The topological polar surface area (TPSA) is 51.2 Å². The number of thiazole rings is 1. The van der Waals surface area contributed by atoms with Crippen LogP contribution in [-0.4, -0.2) is 35.9 Å². The maximum atomic E-state index is 11.8. The summed E-state index contributed by atoms with van der Waals surface area (Å²) in [7, 11) is 1.77. The van der Waals surface area contributed by atoms with Crippen molar-refractivity contribution in [2.45, 2.75) is 30.6 Å². The second-order valence-corrected chi connectivity index (χ2v) is 5.93. The first-order chi connectivity index (χ1) is 8.01. The van der Waals surface area contributed by atoms with Crippen molar-refractivity contribution in [3.8, 4) is 0 Å². The molecule has 4 nitrogen and oxygen atoms in total. The molecule has 0 spiro atoms. The van der Waals surface area contributed by atoms with E-state index in [4.69, 9.17) is 4.74 Å². The molecule has 1 unspecified atom stereocenters. The quantitative estimate of drug-likeness (QED) is 0.636. The molecular formula is C11H18N2O2S2. The number of rotatable bonds is 6. The van der Waals surface area contributed by atoms with Crippen LogP contribution in [0.15, 0.2) is 9.72 Å². The fraction of sp³-hybridized carbons (Fsp3) is 0.636. The molecule has 6 heteroatoms. The molecule has 1 aromatic heterocycles. The van der Waals surface area contributed by atoms with Crippen LogP contribution in [0.3, 0.4) is 0 Å². The average Bonchev–Trinajstić information content (AvgIpc) is 2.72. The van der Waals surface area contributed by atoms with Crippen LogP contribution in [0, 0.1) is 6.92 Å². The van der Waals surface area contributed by atoms with Gasteiger partial charge in [-0.3, -0.25) is 4.79 Å². The molecule has 0 bridgehead atoms. The molecule has 0 aromatic carbocycles. The van der Waals surface area contributed by atoms with Gasteiger partial charge in [-0.05, 0) is 27.8 Å². The van der Waals surface area contributed by atoms with E-state index in [0.717, 1.165) is 10.0 Å². The summed E-state index contributed by atoms with van der Waals surface area (Å²) in [5, 5.41) is 5.02. The maximum absolute atomic E-state index is 11.8. The van der Waals surface area contributed by atoms with E-state index in [1.165, 1.54) is 0 Å². The molecule has 96 valence electrons. The lowest BCUT2D eigenvalue weighted by Gasteiger charge is -2.25. The zero-order valence-corrected chi connectivity index (χ0v) is 12.2. The van der Waals surface area contributed by atoms with Crippen molar-refractivity contribution in [3.05, 3.63) is 11.1 Å². The van der Waals surface area contributed by atoms with E-state index < -0.39 is 5.54 Å². The monoisotopic (exact) mass is 274 g/mol. The van der Waals surface area contributed by atoms with Crippen molar-refractivity contribution in [1.29, 1.82) is 0 Å². The highest BCUT2D eigenvalue weighted by Gasteiger charge is 2.33. The Hall–Kier alpha value is -0.590. The number of esters is 1. The number of carbonyl (C=O) groups is 1. The van der Waals surface area contributed by atoms with Crippen molar-refractivity contribution in [2.75, 3.05) is 19.4 Å². The van der Waals surface area contributed by atoms with Gasteiger partial charge in [0, 0.05) is 16.8 Å². The summed E-state index contributed by atoms with van der Waals surface area (Å²) in [6, 6.07) is 0. The lowest BCUT2D eigenvalue weighted by molar-refractivity contribution is -0.149. The fourth-order valence-corrected chi connectivity index (χ4v) is 3.13. The van der Waals surface area contributed by atoms with E-state index in [-0.39, 0.29) is 5.97 Å². The van der Waals surface area contributed by atoms with Gasteiger partial charge in [0.1, 0.15) is 9.88 Å². The summed E-state index contributed by atoms with van der Waals surface area (Å²) in [5.74, 6) is 0.387. The molecule has 1 atom stereocenters. The molecule has 1 heterocycles. The zero-order chi connectivity index (χ0) is 12.9. The number of thioether (sulfide) groups is 1. The van der Waals surface area contributed by atoms with Crippen molar-refractivity contribution < 1.29 is 9.53 Å². The highest BCUT2D eigenvalue weighted by Crippen LogP contribution is 2.26. The Bertz CT molecular complexity index is 381. The zero-order valence-electron chi connectivity index (χ0n) is 10.6. The summed E-state index contributed by atoms with van der Waals surface area (Å²) < 4.78 is 6.04. The van der Waals surface area contributed by atoms with Crippen molar-refractivity contribution in [3.63, 3.8) is 0 Å². The minimum Gasteiger partial charge on any atom is -0.465 e. The molecule has 17 heavy (non-hydrogen) atoms. The minimum absolute atomic E-state index is 0.219. The summed E-state index contributed by atoms with van der Waals surface area (Å²) in [4.78, 5) is 16.2. The van der Waals surface area contributed by atoms with E-state index in [9.17, 15) is 4.79 Å². The number of nitrogens with zero attached hydrogens (tertiary/aromatic N) is 1. The molecule has 0 aliphatic rings. The summed E-state index contributed by atoms with van der Waals surface area (Å²) in [5.41, 5.74) is 0.347. The molecule has 0 aliphatic carbocycles. The molecule has 1 rings (SSSR count). The Kier molecular flexibility index (Phi) is 5.42. The van der Waals surface area contributed by atoms with Crippen molar-refractivity contribution in [1.82, 2.24) is 10.3 Å². The first-order valence-corrected chi connectivity index (χ1v) is 7.29. The number of likely N-dealkylation sites (N-methyl/N-ethyl adjacent to an activating group) is 1. The first kappa shape index (κ1) is 14.5. The van der Waals surface area contributed by atoms with Crippen LogP contribution in [0.5, 0.6) is 0 Å². The SMILES string of the molecule is CCOC(=O)C(C)(CSc1nc(C)cs1)NC. The Balaban J connectivity index is 2.59. The highest BCUT2D eigenvalue weighted by molar-refractivity contribution is 8.01. The second-order valence-electron chi connectivity index (χ2n) is 3.85. The van der Waals surface area contributed by atoms with Gasteiger partial charge in [-0.1, -0.05) is 11.8 Å². The van der Waals surface area contributed by atoms with Crippen LogP contribution >= 0.6 is 23.1 Å². The van der Waals surface area contributed by atoms with Gasteiger partial charge in [-0.2, -0.15) is 0 Å². The van der Waals surface area contributed by atoms with Gasteiger partial charge in [-0.15, -0.1) is 11.3 Å². The Labute approximate surface area is 110 Å². The molecule has 0 saturated carbocycles. The summed E-state index contributed by atoms with van der Waals surface area (Å²) >= 11 is 3.17. The van der Waals surface area contributed by atoms with Crippen LogP contribution in [0.4, 0.5) is 0 Å². The van der Waals surface area contributed by atoms with Crippen LogP contribution in [-0.2, 0) is 9.53 Å². The van der Waals surface area contributed by atoms with E-state index in [0.29, 0.717) is 12.4 Å². The molecule has 0 saturated heterocycles. The van der Waals surface area contributed by atoms with Crippen LogP contribution in [0.2, 0.25) is 0 Å². The summed E-state index contributed by atoms with van der Waals surface area (Å²) in [6.45, 7) is 6.02. The molecule has 0 fully saturated rings. The number of ether oxygens (including phenoxy) is 1. The van der Waals surface area contributed by atoms with E-state index in [2.05, 4.69) is 10.3 Å². The van der Waals surface area contributed by atoms with Crippen LogP contribution < -0.4 is 5.32 Å². The Morgan fingerprint density at radius 1 is 1.71 bits per heavy atom. The molecule has 0 radical (unpaired) electrons. The normalized spacial score (nSPS) is 14.4. The lowest BCUT2D eigenvalue weighted by atomic mass is 10.1. The number of aryl methyl sites for hydroxylation is 1. The van der Waals surface area contributed by atoms with Gasteiger partial charge < -0.3 is 10.1 Å². The average molecular weight is 274 g/mol. The smallest absolute Gasteiger partial charge is 0.326 e. The molecule has 0 aliphatic heterocycles. The molecule has 0 amide bonds. The van der Waals surface area contributed by atoms with Crippen molar-refractivity contribution in [2.24, 2.45) is 0 Å². The van der Waals surface area contributed by atoms with Gasteiger partial charge in [0.25, 0.3) is 0 Å². The van der Waals surface area contributed by atoms with Gasteiger partial charge in [-0.25, -0.2) is 4.98 Å². The number of aromatic nitrogens is 1. The van der Waals surface area contributed by atoms with Gasteiger partial charge in [0.2, 0.25) is 0 Å². The number of hydrogen-bond donors (Lipinski definition) is 1. The standard InChI is InChI=1S/C11H18N2O2S2/c1-5-15-9(14)11(3,12-4)7-17-10-13-8(2)6-16-10/h6,12H,5,7H2,1-4H3. The predicted octanol–water partition coefficient (Wildman–Crippen LogP) is 2.08. The molecule has 1 aromatic rings. The third-order valence-electron chi connectivity index (χ3n) is 2.36. The number of nitrogens with one attached hydrogen (secondary N) is 1. The molecular weight excluding hydrogens is 256 g/mol. The number of carbonyl (C=O) groups excluding carboxylic acids is 1. The largest absolute Gasteiger partial charge is 0.465 e. The van der Waals surface area contributed by atoms with Crippen LogP contribution in [0.25, 0.3) is 0 Å². The first-order valence-electron chi connectivity index (χ1n) is 5.43. The highest BCUT2D eigenvalue weighted by atomic mass is 32.2. The third-order valence-corrected chi connectivity index (χ3v) is 4.81. The van der Waals surface area contributed by atoms with Gasteiger partial charge in [0.15, 0.2) is 0 Å². The van der Waals surface area contributed by atoms with Gasteiger partial charge in [0.05, 0.1) is 6.61 Å². The predicted molar refractivity (Wildman–Crippen MR) is 71.7 cm³/mol. The number of hydrogen-bond acceptors (Lipinski definition) is 6. The Morgan fingerprint density at radius 2 is 2.41 bits per heavy atom. The van der Waals surface area contributed by atoms with Gasteiger partial charge >= 0.3 is 5.97 Å². The fourth-order valence-electron chi connectivity index (χ4n) is 1.13. The van der Waals surface area contributed by atoms with Crippen LogP contribution in [0.1, 0.15) is 19.5 Å². The second kappa shape index (κ2) is 6.37. The molecule has 1 N–H and O–H groups in total. The van der Waals surface area contributed by atoms with E-state index in [1.807, 2.05) is 26.2 Å².